The van der Waals surface area contributed by atoms with Gasteiger partial charge in [-0.05, 0) is 51.2 Å². The fraction of sp³-hybridized carbons (Fsp3) is 0.565. The van der Waals surface area contributed by atoms with Crippen molar-refractivity contribution < 1.29 is 9.53 Å². The first-order chi connectivity index (χ1) is 14.5. The minimum atomic E-state index is 0.101. The molecule has 0 aliphatic carbocycles. The Balaban J connectivity index is 1.36. The Hall–Kier alpha value is -2.05. The molecule has 3 heterocycles. The molecular weight excluding hydrogens is 400 g/mol. The summed E-state index contributed by atoms with van der Waals surface area (Å²) in [6.07, 6.45) is 5.39. The van der Waals surface area contributed by atoms with Gasteiger partial charge in [0.2, 0.25) is 0 Å². The van der Waals surface area contributed by atoms with Crippen LogP contribution in [0.2, 0.25) is 5.15 Å². The number of para-hydroxylation sites is 1. The number of hydrogen-bond donors (Lipinski definition) is 0. The average Bonchev–Trinajstić information content (AvgIpc) is 3.01. The second-order valence-corrected chi connectivity index (χ2v) is 8.78. The van der Waals surface area contributed by atoms with Crippen molar-refractivity contribution >= 4 is 17.5 Å². The molecule has 162 valence electrons. The maximum absolute atomic E-state index is 13.0. The van der Waals surface area contributed by atoms with E-state index >= 15 is 0 Å². The van der Waals surface area contributed by atoms with Gasteiger partial charge in [0.05, 0.1) is 11.3 Å². The van der Waals surface area contributed by atoms with Crippen LogP contribution in [0.5, 0.6) is 5.75 Å². The quantitative estimate of drug-likeness (QED) is 0.718. The molecule has 0 saturated carbocycles. The van der Waals surface area contributed by atoms with E-state index in [1.54, 1.807) is 4.68 Å². The molecule has 1 aromatic heterocycles. The van der Waals surface area contributed by atoms with Crippen LogP contribution in [0.3, 0.4) is 0 Å². The van der Waals surface area contributed by atoms with Crippen LogP contribution < -0.4 is 4.74 Å². The number of carbonyl (C=O) groups excluding carboxylic acids is 1. The van der Waals surface area contributed by atoms with E-state index in [1.165, 1.54) is 6.42 Å². The number of hydrogen-bond acceptors (Lipinski definition) is 4. The topological polar surface area (TPSA) is 50.6 Å². The molecule has 4 rings (SSSR count). The molecule has 30 heavy (non-hydrogen) atoms. The van der Waals surface area contributed by atoms with Crippen LogP contribution in [0.1, 0.15) is 53.7 Å². The second-order valence-electron chi connectivity index (χ2n) is 8.42. The molecule has 7 heteroatoms. The molecule has 2 aliphatic rings. The third kappa shape index (κ3) is 4.65. The number of amides is 1. The summed E-state index contributed by atoms with van der Waals surface area (Å²) in [6.45, 7) is 6.40. The number of likely N-dealkylation sites (tertiary alicyclic amines) is 2. The van der Waals surface area contributed by atoms with Crippen LogP contribution in [0.15, 0.2) is 24.3 Å². The highest BCUT2D eigenvalue weighted by molar-refractivity contribution is 6.30. The van der Waals surface area contributed by atoms with E-state index in [2.05, 4.69) is 10.00 Å². The highest BCUT2D eigenvalue weighted by Gasteiger charge is 2.26. The molecule has 2 aliphatic heterocycles. The van der Waals surface area contributed by atoms with Crippen LogP contribution in [0.25, 0.3) is 0 Å². The third-order valence-corrected chi connectivity index (χ3v) is 6.71. The molecule has 0 atom stereocenters. The lowest BCUT2D eigenvalue weighted by Gasteiger charge is -2.33. The highest BCUT2D eigenvalue weighted by atomic mass is 35.5. The minimum absolute atomic E-state index is 0.101. The highest BCUT2D eigenvalue weighted by Crippen LogP contribution is 2.27. The standard InChI is InChI=1S/C23H31ClN4O2/c1-17-20(22(24)26(2)25-17)16-27-14-10-18(11-15-27)30-21-9-5-4-8-19(21)23(29)28-12-6-3-7-13-28/h4-5,8-9,18H,3,6-7,10-16H2,1-2H3. The van der Waals surface area contributed by atoms with Gasteiger partial charge in [-0.3, -0.25) is 14.4 Å². The first-order valence-corrected chi connectivity index (χ1v) is 11.4. The van der Waals surface area contributed by atoms with E-state index < -0.39 is 0 Å². The number of piperidine rings is 2. The number of nitrogens with zero attached hydrogens (tertiary/aromatic N) is 4. The van der Waals surface area contributed by atoms with Crippen molar-refractivity contribution in [1.29, 1.82) is 0 Å². The Morgan fingerprint density at radius 2 is 1.83 bits per heavy atom. The summed E-state index contributed by atoms with van der Waals surface area (Å²) in [5.41, 5.74) is 2.79. The van der Waals surface area contributed by atoms with Gasteiger partial charge in [-0.25, -0.2) is 0 Å². The second kappa shape index (κ2) is 9.40. The molecular formula is C23H31ClN4O2. The average molecular weight is 431 g/mol. The summed E-state index contributed by atoms with van der Waals surface area (Å²) in [7, 11) is 1.88. The number of benzene rings is 1. The summed E-state index contributed by atoms with van der Waals surface area (Å²) >= 11 is 6.39. The maximum Gasteiger partial charge on any atom is 0.257 e. The molecule has 2 saturated heterocycles. The van der Waals surface area contributed by atoms with Crippen LogP contribution in [0, 0.1) is 6.92 Å². The number of aryl methyl sites for hydroxylation is 2. The summed E-state index contributed by atoms with van der Waals surface area (Å²) < 4.78 is 8.07. The molecule has 0 unspecified atom stereocenters. The number of aromatic nitrogens is 2. The zero-order valence-electron chi connectivity index (χ0n) is 17.9. The van der Waals surface area contributed by atoms with E-state index in [9.17, 15) is 4.79 Å². The maximum atomic E-state index is 13.0. The number of rotatable bonds is 5. The Bertz CT molecular complexity index is 883. The van der Waals surface area contributed by atoms with Crippen molar-refractivity contribution in [2.24, 2.45) is 7.05 Å². The number of carbonyl (C=O) groups is 1. The van der Waals surface area contributed by atoms with Crippen molar-refractivity contribution in [2.75, 3.05) is 26.2 Å². The largest absolute Gasteiger partial charge is 0.489 e. The van der Waals surface area contributed by atoms with Gasteiger partial charge in [0.1, 0.15) is 17.0 Å². The molecule has 2 fully saturated rings. The van der Waals surface area contributed by atoms with Gasteiger partial charge in [-0.2, -0.15) is 5.10 Å². The van der Waals surface area contributed by atoms with Crippen molar-refractivity contribution in [2.45, 2.75) is 51.7 Å². The van der Waals surface area contributed by atoms with Gasteiger partial charge in [0, 0.05) is 45.3 Å². The van der Waals surface area contributed by atoms with Gasteiger partial charge in [-0.1, -0.05) is 23.7 Å². The number of ether oxygens (including phenoxy) is 1. The smallest absolute Gasteiger partial charge is 0.257 e. The SMILES string of the molecule is Cc1nn(C)c(Cl)c1CN1CCC(Oc2ccccc2C(=O)N2CCCCC2)CC1. The fourth-order valence-corrected chi connectivity index (χ4v) is 4.69. The molecule has 0 spiro atoms. The Kier molecular flexibility index (Phi) is 6.64. The van der Waals surface area contributed by atoms with Gasteiger partial charge in [0.15, 0.2) is 0 Å². The van der Waals surface area contributed by atoms with Gasteiger partial charge in [-0.15, -0.1) is 0 Å². The first-order valence-electron chi connectivity index (χ1n) is 11.0. The lowest BCUT2D eigenvalue weighted by atomic mass is 10.1. The third-order valence-electron chi connectivity index (χ3n) is 6.24. The molecule has 1 amide bonds. The Morgan fingerprint density at radius 3 is 2.50 bits per heavy atom. The van der Waals surface area contributed by atoms with Crippen LogP contribution >= 0.6 is 11.6 Å². The van der Waals surface area contributed by atoms with Gasteiger partial charge >= 0.3 is 0 Å². The molecule has 0 N–H and O–H groups in total. The van der Waals surface area contributed by atoms with Crippen LogP contribution in [-0.4, -0.2) is 57.8 Å². The summed E-state index contributed by atoms with van der Waals surface area (Å²) in [4.78, 5) is 17.4. The molecule has 6 nitrogen and oxygen atoms in total. The monoisotopic (exact) mass is 430 g/mol. The minimum Gasteiger partial charge on any atom is -0.489 e. The van der Waals surface area contributed by atoms with E-state index in [1.807, 2.05) is 43.1 Å². The molecule has 1 aromatic carbocycles. The number of halogens is 1. The predicted molar refractivity (Wildman–Crippen MR) is 118 cm³/mol. The summed E-state index contributed by atoms with van der Waals surface area (Å²) in [6, 6.07) is 7.70. The fourth-order valence-electron chi connectivity index (χ4n) is 4.46. The lowest BCUT2D eigenvalue weighted by molar-refractivity contribution is 0.0702. The molecule has 0 bridgehead atoms. The van der Waals surface area contributed by atoms with Gasteiger partial charge < -0.3 is 9.64 Å². The van der Waals surface area contributed by atoms with Crippen molar-refractivity contribution in [3.8, 4) is 5.75 Å². The first kappa shape index (κ1) is 21.2. The Labute approximate surface area is 183 Å². The van der Waals surface area contributed by atoms with E-state index in [4.69, 9.17) is 16.3 Å². The van der Waals surface area contributed by atoms with Crippen molar-refractivity contribution in [1.82, 2.24) is 19.6 Å². The Morgan fingerprint density at radius 1 is 1.13 bits per heavy atom. The normalized spacial score (nSPS) is 18.6. The lowest BCUT2D eigenvalue weighted by Crippen LogP contribution is -2.38. The van der Waals surface area contributed by atoms with E-state index in [-0.39, 0.29) is 12.0 Å². The van der Waals surface area contributed by atoms with Gasteiger partial charge in [0.25, 0.3) is 5.91 Å². The van der Waals surface area contributed by atoms with Crippen LogP contribution in [-0.2, 0) is 13.6 Å². The molecule has 0 radical (unpaired) electrons. The van der Waals surface area contributed by atoms with Crippen LogP contribution in [0.4, 0.5) is 0 Å². The zero-order chi connectivity index (χ0) is 21.1. The van der Waals surface area contributed by atoms with E-state index in [0.29, 0.717) is 5.56 Å². The van der Waals surface area contributed by atoms with Crippen molar-refractivity contribution in [3.05, 3.63) is 46.2 Å². The molecule has 2 aromatic rings. The predicted octanol–water partition coefficient (Wildman–Crippen LogP) is 4.05. The summed E-state index contributed by atoms with van der Waals surface area (Å²) in [5, 5.41) is 5.13. The van der Waals surface area contributed by atoms with Crippen molar-refractivity contribution in [3.63, 3.8) is 0 Å². The zero-order valence-corrected chi connectivity index (χ0v) is 18.7. The summed E-state index contributed by atoms with van der Waals surface area (Å²) in [5.74, 6) is 0.821. The van der Waals surface area contributed by atoms with E-state index in [0.717, 1.165) is 80.6 Å².